The molecule has 2 aromatic heterocycles. The highest BCUT2D eigenvalue weighted by Gasteiger charge is 2.29. The van der Waals surface area contributed by atoms with Crippen molar-refractivity contribution in [1.29, 1.82) is 0 Å². The van der Waals surface area contributed by atoms with Crippen LogP contribution < -0.4 is 19.5 Å². The molecule has 2 aliphatic heterocycles. The number of aromatic nitrogens is 2. The van der Waals surface area contributed by atoms with Gasteiger partial charge < -0.3 is 29.4 Å². The van der Waals surface area contributed by atoms with Gasteiger partial charge in [-0.15, -0.1) is 0 Å². The summed E-state index contributed by atoms with van der Waals surface area (Å²) in [5.74, 6) is -0.285. The van der Waals surface area contributed by atoms with E-state index in [0.29, 0.717) is 30.9 Å². The predicted octanol–water partition coefficient (Wildman–Crippen LogP) is 4.38. The molecule has 0 bridgehead atoms. The summed E-state index contributed by atoms with van der Waals surface area (Å²) < 4.78 is 30.3. The van der Waals surface area contributed by atoms with Crippen LogP contribution in [0.5, 0.6) is 17.2 Å². The molecule has 0 atom stereocenters. The normalized spacial score (nSPS) is 13.8. The van der Waals surface area contributed by atoms with E-state index in [2.05, 4.69) is 16.4 Å². The number of benzene rings is 3. The number of pyridine rings is 1. The molecule has 42 heavy (non-hydrogen) atoms. The number of halogens is 1. The van der Waals surface area contributed by atoms with Crippen molar-refractivity contribution in [1.82, 2.24) is 20.2 Å². The Hall–Kier alpha value is -5.12. The van der Waals surface area contributed by atoms with Crippen LogP contribution in [-0.4, -0.2) is 47.1 Å². The molecule has 0 radical (unpaired) electrons. The first kappa shape index (κ1) is 25.8. The third-order valence-electron chi connectivity index (χ3n) is 7.85. The average Bonchev–Trinajstić information content (AvgIpc) is 3.64. The van der Waals surface area contributed by atoms with Gasteiger partial charge in [-0.05, 0) is 53.4 Å². The molecule has 0 unspecified atom stereocenters. The number of carbonyl (C=O) groups excluding carboxylic acids is 2. The quantitative estimate of drug-likeness (QED) is 0.306. The van der Waals surface area contributed by atoms with Gasteiger partial charge in [0.05, 0.1) is 30.6 Å². The van der Waals surface area contributed by atoms with Gasteiger partial charge in [0, 0.05) is 35.8 Å². The minimum atomic E-state index is -0.682. The van der Waals surface area contributed by atoms with Crippen LogP contribution in [0.3, 0.4) is 0 Å². The lowest BCUT2D eigenvalue weighted by Gasteiger charge is -2.28. The number of fused-ring (bicyclic) bond motifs is 6. The number of hydrogen-bond acceptors (Lipinski definition) is 6. The molecule has 2 amide bonds. The molecule has 0 fully saturated rings. The lowest BCUT2D eigenvalue weighted by Crippen LogP contribution is -2.45. The fourth-order valence-corrected chi connectivity index (χ4v) is 5.78. The Morgan fingerprint density at radius 2 is 1.90 bits per heavy atom. The molecule has 2 N–H and O–H groups in total. The van der Waals surface area contributed by atoms with Crippen LogP contribution in [0.25, 0.3) is 21.8 Å². The Morgan fingerprint density at radius 3 is 2.76 bits per heavy atom. The van der Waals surface area contributed by atoms with Crippen LogP contribution in [0.4, 0.5) is 4.39 Å². The molecule has 3 aromatic carbocycles. The highest BCUT2D eigenvalue weighted by atomic mass is 19.1. The first-order valence-corrected chi connectivity index (χ1v) is 13.7. The standard InChI is InChI=1S/C32H27FN4O5/c1-40-26-8-6-18(12-22(26)33)13-24-30-29(20-4-2-3-5-23(20)36-30)21-10-11-37(16-25(21)35-24)32(39)31(38)34-15-19-7-9-27-28(14-19)42-17-41-27/h2-9,12,14,36H,10-11,13,15-17H2,1H3,(H,34,38). The summed E-state index contributed by atoms with van der Waals surface area (Å²) in [6, 6.07) is 18.3. The number of para-hydroxylation sites is 1. The summed E-state index contributed by atoms with van der Waals surface area (Å²) in [7, 11) is 1.43. The van der Waals surface area contributed by atoms with E-state index in [0.717, 1.165) is 49.9 Å². The van der Waals surface area contributed by atoms with Gasteiger partial charge in [-0.3, -0.25) is 14.6 Å². The smallest absolute Gasteiger partial charge is 0.312 e. The number of nitrogens with zero attached hydrogens (tertiary/aromatic N) is 2. The molecule has 0 spiro atoms. The number of H-pyrrole nitrogens is 1. The molecule has 0 saturated carbocycles. The summed E-state index contributed by atoms with van der Waals surface area (Å²) in [6.07, 6.45) is 0.931. The molecule has 5 aromatic rings. The molecular weight excluding hydrogens is 539 g/mol. The molecule has 9 nitrogen and oxygen atoms in total. The van der Waals surface area contributed by atoms with Crippen molar-refractivity contribution in [3.63, 3.8) is 0 Å². The van der Waals surface area contributed by atoms with Crippen molar-refractivity contribution in [3.8, 4) is 17.2 Å². The number of hydrogen-bond donors (Lipinski definition) is 2. The summed E-state index contributed by atoms with van der Waals surface area (Å²) in [5, 5.41) is 4.84. The maximum Gasteiger partial charge on any atom is 0.312 e. The summed E-state index contributed by atoms with van der Waals surface area (Å²) in [4.78, 5) is 36.1. The summed E-state index contributed by atoms with van der Waals surface area (Å²) >= 11 is 0. The van der Waals surface area contributed by atoms with E-state index in [1.54, 1.807) is 18.2 Å². The van der Waals surface area contributed by atoms with Crippen molar-refractivity contribution in [2.24, 2.45) is 0 Å². The highest BCUT2D eigenvalue weighted by Crippen LogP contribution is 2.35. The van der Waals surface area contributed by atoms with Crippen molar-refractivity contribution in [2.75, 3.05) is 20.4 Å². The third kappa shape index (κ3) is 4.54. The van der Waals surface area contributed by atoms with Gasteiger partial charge in [0.25, 0.3) is 0 Å². The first-order valence-electron chi connectivity index (χ1n) is 13.7. The van der Waals surface area contributed by atoms with Crippen LogP contribution in [0.15, 0.2) is 60.7 Å². The van der Waals surface area contributed by atoms with Gasteiger partial charge in [0.1, 0.15) is 0 Å². The molecule has 0 saturated heterocycles. The van der Waals surface area contributed by atoms with Gasteiger partial charge in [0.2, 0.25) is 6.79 Å². The predicted molar refractivity (Wildman–Crippen MR) is 153 cm³/mol. The Labute approximate surface area is 240 Å². The molecule has 4 heterocycles. The van der Waals surface area contributed by atoms with Gasteiger partial charge >= 0.3 is 11.8 Å². The van der Waals surface area contributed by atoms with Crippen LogP contribution in [0.1, 0.15) is 28.1 Å². The van der Waals surface area contributed by atoms with E-state index >= 15 is 0 Å². The van der Waals surface area contributed by atoms with Crippen molar-refractivity contribution in [3.05, 3.63) is 94.6 Å². The zero-order valence-electron chi connectivity index (χ0n) is 22.8. The van der Waals surface area contributed by atoms with E-state index in [9.17, 15) is 14.0 Å². The molecule has 2 aliphatic rings. The lowest BCUT2D eigenvalue weighted by atomic mass is 9.96. The second kappa shape index (κ2) is 10.4. The minimum absolute atomic E-state index is 0.164. The number of rotatable bonds is 5. The van der Waals surface area contributed by atoms with Gasteiger partial charge in [-0.25, -0.2) is 4.39 Å². The molecule has 0 aliphatic carbocycles. The minimum Gasteiger partial charge on any atom is -0.494 e. The Morgan fingerprint density at radius 1 is 1.07 bits per heavy atom. The Balaban J connectivity index is 1.16. The van der Waals surface area contributed by atoms with Crippen LogP contribution in [0.2, 0.25) is 0 Å². The van der Waals surface area contributed by atoms with Crippen molar-refractivity contribution >= 4 is 33.6 Å². The second-order valence-electron chi connectivity index (χ2n) is 10.4. The van der Waals surface area contributed by atoms with E-state index in [1.165, 1.54) is 18.1 Å². The van der Waals surface area contributed by atoms with E-state index in [4.69, 9.17) is 19.2 Å². The Kier molecular flexibility index (Phi) is 6.38. The second-order valence-corrected chi connectivity index (χ2v) is 10.4. The van der Waals surface area contributed by atoms with E-state index in [1.807, 2.05) is 30.3 Å². The van der Waals surface area contributed by atoms with Gasteiger partial charge in [-0.2, -0.15) is 0 Å². The molecule has 10 heteroatoms. The zero-order valence-corrected chi connectivity index (χ0v) is 22.8. The molecular formula is C32H27FN4O5. The van der Waals surface area contributed by atoms with Crippen molar-refractivity contribution in [2.45, 2.75) is 25.9 Å². The SMILES string of the molecule is COc1ccc(Cc2nc3c(c4c2[nH]c2ccccc24)CCN(C(=O)C(=O)NCc2ccc4c(c2)OCO4)C3)cc1F. The van der Waals surface area contributed by atoms with Crippen LogP contribution in [-0.2, 0) is 35.5 Å². The van der Waals surface area contributed by atoms with Gasteiger partial charge in [0.15, 0.2) is 23.1 Å². The first-order chi connectivity index (χ1) is 20.5. The lowest BCUT2D eigenvalue weighted by molar-refractivity contribution is -0.146. The monoisotopic (exact) mass is 566 g/mol. The summed E-state index contributed by atoms with van der Waals surface area (Å²) in [5.41, 5.74) is 5.95. The van der Waals surface area contributed by atoms with Gasteiger partial charge in [-0.1, -0.05) is 30.3 Å². The fraction of sp³-hybridized carbons (Fsp3) is 0.219. The number of methoxy groups -OCH3 is 1. The molecule has 7 rings (SSSR count). The number of amides is 2. The Bertz CT molecular complexity index is 1880. The average molecular weight is 567 g/mol. The largest absolute Gasteiger partial charge is 0.494 e. The van der Waals surface area contributed by atoms with Crippen LogP contribution >= 0.6 is 0 Å². The number of carbonyl (C=O) groups is 2. The number of nitrogens with one attached hydrogen (secondary N) is 2. The zero-order chi connectivity index (χ0) is 28.8. The maximum absolute atomic E-state index is 14.5. The van der Waals surface area contributed by atoms with Crippen LogP contribution in [0, 0.1) is 5.82 Å². The van der Waals surface area contributed by atoms with Crippen molar-refractivity contribution < 1.29 is 28.2 Å². The fourth-order valence-electron chi connectivity index (χ4n) is 5.78. The third-order valence-corrected chi connectivity index (χ3v) is 7.85. The van der Waals surface area contributed by atoms with E-state index < -0.39 is 17.6 Å². The molecule has 212 valence electrons. The number of aromatic amines is 1. The topological polar surface area (TPSA) is 106 Å². The maximum atomic E-state index is 14.5. The van der Waals surface area contributed by atoms with E-state index in [-0.39, 0.29) is 25.6 Å². The highest BCUT2D eigenvalue weighted by molar-refractivity contribution is 6.35. The summed E-state index contributed by atoms with van der Waals surface area (Å²) in [6.45, 7) is 0.938. The number of ether oxygens (including phenoxy) is 3.